The van der Waals surface area contributed by atoms with Crippen LogP contribution < -0.4 is 9.47 Å². The van der Waals surface area contributed by atoms with Crippen LogP contribution in [0.15, 0.2) is 41.3 Å². The van der Waals surface area contributed by atoms with Gasteiger partial charge in [-0.05, 0) is 73.1 Å². The van der Waals surface area contributed by atoms with Crippen LogP contribution in [0.3, 0.4) is 0 Å². The summed E-state index contributed by atoms with van der Waals surface area (Å²) in [4.78, 5) is 14.9. The van der Waals surface area contributed by atoms with Crippen molar-refractivity contribution in [3.8, 4) is 11.5 Å². The molecule has 0 saturated carbocycles. The van der Waals surface area contributed by atoms with Crippen molar-refractivity contribution in [2.75, 3.05) is 39.4 Å². The van der Waals surface area contributed by atoms with Crippen molar-refractivity contribution >= 4 is 15.9 Å². The summed E-state index contributed by atoms with van der Waals surface area (Å²) < 4.78 is 39.0. The SMILES string of the molecule is O=C(CCc1ccc2c(c1)OCCO2)N1CCN(S(=O)(=O)c2ccc3c(c2)CCCC3)CC1. The molecular weight excluding hydrogens is 440 g/mol. The van der Waals surface area contributed by atoms with Crippen LogP contribution in [0.4, 0.5) is 0 Å². The lowest BCUT2D eigenvalue weighted by atomic mass is 9.92. The zero-order valence-electron chi connectivity index (χ0n) is 18.8. The van der Waals surface area contributed by atoms with Crippen LogP contribution in [0.5, 0.6) is 11.5 Å². The van der Waals surface area contributed by atoms with Gasteiger partial charge in [-0.2, -0.15) is 4.31 Å². The molecule has 1 fully saturated rings. The summed E-state index contributed by atoms with van der Waals surface area (Å²) in [6.45, 7) is 2.59. The lowest BCUT2D eigenvalue weighted by Gasteiger charge is -2.34. The summed E-state index contributed by atoms with van der Waals surface area (Å²) in [6, 6.07) is 11.4. The van der Waals surface area contributed by atoms with Crippen LogP contribution in [-0.4, -0.2) is 62.9 Å². The third kappa shape index (κ3) is 4.73. The average Bonchev–Trinajstić information content (AvgIpc) is 2.87. The van der Waals surface area contributed by atoms with Crippen molar-refractivity contribution in [2.45, 2.75) is 43.4 Å². The van der Waals surface area contributed by atoms with Gasteiger partial charge in [0.1, 0.15) is 13.2 Å². The molecule has 7 nitrogen and oxygen atoms in total. The first-order valence-corrected chi connectivity index (χ1v) is 13.2. The van der Waals surface area contributed by atoms with Gasteiger partial charge in [-0.15, -0.1) is 0 Å². The van der Waals surface area contributed by atoms with Crippen molar-refractivity contribution in [3.05, 3.63) is 53.1 Å². The fraction of sp³-hybridized carbons (Fsp3) is 0.480. The number of amides is 1. The summed E-state index contributed by atoms with van der Waals surface area (Å²) in [5, 5.41) is 0. The fourth-order valence-corrected chi connectivity index (χ4v) is 6.32. The van der Waals surface area contributed by atoms with Crippen molar-refractivity contribution in [1.82, 2.24) is 9.21 Å². The Morgan fingerprint density at radius 3 is 2.36 bits per heavy atom. The van der Waals surface area contributed by atoms with Crippen molar-refractivity contribution < 1.29 is 22.7 Å². The van der Waals surface area contributed by atoms with Crippen LogP contribution in [-0.2, 0) is 34.1 Å². The number of piperazine rings is 1. The van der Waals surface area contributed by atoms with E-state index >= 15 is 0 Å². The van der Waals surface area contributed by atoms with E-state index in [0.29, 0.717) is 57.1 Å². The van der Waals surface area contributed by atoms with Crippen molar-refractivity contribution in [2.24, 2.45) is 0 Å². The monoisotopic (exact) mass is 470 g/mol. The molecule has 0 bridgehead atoms. The zero-order chi connectivity index (χ0) is 22.8. The summed E-state index contributed by atoms with van der Waals surface area (Å²) in [6.07, 6.45) is 5.26. The van der Waals surface area contributed by atoms with Crippen LogP contribution in [0, 0.1) is 0 Å². The standard InChI is InChI=1S/C25H30N2O5S/c28-25(10-6-19-5-9-23-24(17-19)32-16-15-31-23)26-11-13-27(14-12-26)33(29,30)22-8-7-20-3-1-2-4-21(20)18-22/h5,7-9,17-18H,1-4,6,10-16H2. The Labute approximate surface area is 195 Å². The maximum atomic E-state index is 13.2. The number of benzene rings is 2. The minimum atomic E-state index is -3.54. The Morgan fingerprint density at radius 2 is 1.58 bits per heavy atom. The first kappa shape index (κ1) is 22.2. The first-order chi connectivity index (χ1) is 16.0. The Kier molecular flexibility index (Phi) is 6.29. The largest absolute Gasteiger partial charge is 0.486 e. The molecule has 1 aliphatic carbocycles. The number of ether oxygens (including phenoxy) is 2. The molecule has 33 heavy (non-hydrogen) atoms. The summed E-state index contributed by atoms with van der Waals surface area (Å²) >= 11 is 0. The van der Waals surface area contributed by atoms with E-state index in [9.17, 15) is 13.2 Å². The second-order valence-corrected chi connectivity index (χ2v) is 10.8. The third-order valence-corrected chi connectivity index (χ3v) is 8.68. The van der Waals surface area contributed by atoms with Crippen LogP contribution in [0.25, 0.3) is 0 Å². The lowest BCUT2D eigenvalue weighted by molar-refractivity contribution is -0.132. The van der Waals surface area contributed by atoms with Crippen LogP contribution >= 0.6 is 0 Å². The lowest BCUT2D eigenvalue weighted by Crippen LogP contribution is -2.50. The van der Waals surface area contributed by atoms with E-state index in [1.54, 1.807) is 11.0 Å². The second-order valence-electron chi connectivity index (χ2n) is 8.90. The number of fused-ring (bicyclic) bond motifs is 2. The van der Waals surface area contributed by atoms with Gasteiger partial charge >= 0.3 is 0 Å². The van der Waals surface area contributed by atoms with Gasteiger partial charge in [-0.3, -0.25) is 4.79 Å². The molecule has 0 aromatic heterocycles. The predicted molar refractivity (Wildman–Crippen MR) is 124 cm³/mol. The van der Waals surface area contributed by atoms with E-state index in [2.05, 4.69) is 0 Å². The van der Waals surface area contributed by atoms with Gasteiger partial charge in [-0.25, -0.2) is 8.42 Å². The molecule has 0 spiro atoms. The first-order valence-electron chi connectivity index (χ1n) is 11.8. The Bertz CT molecular complexity index is 1140. The van der Waals surface area contributed by atoms with Gasteiger partial charge in [-0.1, -0.05) is 12.1 Å². The third-order valence-electron chi connectivity index (χ3n) is 6.78. The maximum Gasteiger partial charge on any atom is 0.243 e. The topological polar surface area (TPSA) is 76.2 Å². The average molecular weight is 471 g/mol. The zero-order valence-corrected chi connectivity index (χ0v) is 19.6. The number of aryl methyl sites for hydroxylation is 3. The molecule has 2 aromatic carbocycles. The second kappa shape index (κ2) is 9.35. The molecule has 0 N–H and O–H groups in total. The normalized spacial score (nSPS) is 18.6. The van der Waals surface area contributed by atoms with E-state index in [4.69, 9.17) is 9.47 Å². The van der Waals surface area contributed by atoms with Gasteiger partial charge in [0.2, 0.25) is 15.9 Å². The predicted octanol–water partition coefficient (Wildman–Crippen LogP) is 2.80. The Morgan fingerprint density at radius 1 is 0.848 bits per heavy atom. The number of hydrogen-bond donors (Lipinski definition) is 0. The molecule has 0 atom stereocenters. The molecule has 2 heterocycles. The number of sulfonamides is 1. The van der Waals surface area contributed by atoms with Crippen molar-refractivity contribution in [3.63, 3.8) is 0 Å². The Balaban J connectivity index is 1.16. The molecule has 5 rings (SSSR count). The highest BCUT2D eigenvalue weighted by molar-refractivity contribution is 7.89. The minimum Gasteiger partial charge on any atom is -0.486 e. The van der Waals surface area contributed by atoms with E-state index < -0.39 is 10.0 Å². The van der Waals surface area contributed by atoms with Gasteiger partial charge in [0.05, 0.1) is 4.90 Å². The fourth-order valence-electron chi connectivity index (χ4n) is 4.85. The molecule has 1 amide bonds. The van der Waals surface area contributed by atoms with Crippen LogP contribution in [0.1, 0.15) is 36.0 Å². The van der Waals surface area contributed by atoms with Gasteiger partial charge < -0.3 is 14.4 Å². The van der Waals surface area contributed by atoms with Crippen molar-refractivity contribution in [1.29, 1.82) is 0 Å². The molecule has 176 valence electrons. The number of rotatable bonds is 5. The number of hydrogen-bond acceptors (Lipinski definition) is 5. The van der Waals surface area contributed by atoms with Gasteiger partial charge in [0.15, 0.2) is 11.5 Å². The maximum absolute atomic E-state index is 13.2. The number of nitrogens with zero attached hydrogens (tertiary/aromatic N) is 2. The number of carbonyl (C=O) groups is 1. The van der Waals surface area contributed by atoms with E-state index in [1.807, 2.05) is 30.3 Å². The molecule has 2 aromatic rings. The highest BCUT2D eigenvalue weighted by atomic mass is 32.2. The molecule has 2 aliphatic heterocycles. The highest BCUT2D eigenvalue weighted by Crippen LogP contribution is 2.31. The molecule has 8 heteroatoms. The highest BCUT2D eigenvalue weighted by Gasteiger charge is 2.30. The summed E-state index contributed by atoms with van der Waals surface area (Å²) in [5.74, 6) is 1.52. The number of carbonyl (C=O) groups excluding carboxylic acids is 1. The Hall–Kier alpha value is -2.58. The molecule has 3 aliphatic rings. The summed E-state index contributed by atoms with van der Waals surface area (Å²) in [5.41, 5.74) is 3.46. The molecular formula is C25H30N2O5S. The van der Waals surface area contributed by atoms with E-state index in [1.165, 1.54) is 16.3 Å². The van der Waals surface area contributed by atoms with Crippen LogP contribution in [0.2, 0.25) is 0 Å². The minimum absolute atomic E-state index is 0.0516. The van der Waals surface area contributed by atoms with Gasteiger partial charge in [0.25, 0.3) is 0 Å². The van der Waals surface area contributed by atoms with E-state index in [-0.39, 0.29) is 5.91 Å². The molecule has 0 unspecified atom stereocenters. The molecule has 1 saturated heterocycles. The smallest absolute Gasteiger partial charge is 0.243 e. The summed E-state index contributed by atoms with van der Waals surface area (Å²) in [7, 11) is -3.54. The quantitative estimate of drug-likeness (QED) is 0.672. The van der Waals surface area contributed by atoms with E-state index in [0.717, 1.165) is 41.9 Å². The van der Waals surface area contributed by atoms with Gasteiger partial charge in [0, 0.05) is 32.6 Å². The molecule has 0 radical (unpaired) electrons.